The summed E-state index contributed by atoms with van der Waals surface area (Å²) in [6.45, 7) is 5.71. The zero-order valence-electron chi connectivity index (χ0n) is 17.7. The molecule has 2 amide bonds. The number of hydrogen-bond acceptors (Lipinski definition) is 4. The van der Waals surface area contributed by atoms with E-state index in [1.807, 2.05) is 4.90 Å². The van der Waals surface area contributed by atoms with E-state index in [2.05, 4.69) is 29.4 Å². The van der Waals surface area contributed by atoms with Crippen LogP contribution in [-0.4, -0.2) is 29.8 Å². The van der Waals surface area contributed by atoms with Crippen LogP contribution >= 0.6 is 0 Å². The maximum Gasteiger partial charge on any atom is 0.418 e. The topological polar surface area (TPSA) is 74.1 Å². The molecular weight excluding hydrogens is 421 g/mol. The van der Waals surface area contributed by atoms with Gasteiger partial charge in [-0.05, 0) is 48.6 Å². The van der Waals surface area contributed by atoms with Gasteiger partial charge >= 0.3 is 6.18 Å². The van der Waals surface area contributed by atoms with Gasteiger partial charge in [-0.15, -0.1) is 0 Å². The van der Waals surface area contributed by atoms with E-state index in [9.17, 15) is 22.8 Å². The Morgan fingerprint density at radius 3 is 2.34 bits per heavy atom. The molecule has 0 radical (unpaired) electrons. The molecule has 2 aromatic rings. The maximum atomic E-state index is 13.2. The van der Waals surface area contributed by atoms with Gasteiger partial charge in [0.15, 0.2) is 6.04 Å². The third-order valence-corrected chi connectivity index (χ3v) is 5.75. The monoisotopic (exact) mass is 444 g/mol. The van der Waals surface area contributed by atoms with Crippen molar-refractivity contribution in [3.05, 3.63) is 59.2 Å². The number of rotatable bonds is 3. The molecule has 0 unspecified atom stereocenters. The molecule has 168 valence electrons. The number of nitrogens with zero attached hydrogens (tertiary/aromatic N) is 3. The summed E-state index contributed by atoms with van der Waals surface area (Å²) in [6.07, 6.45) is -3.48. The second-order valence-electron chi connectivity index (χ2n) is 8.58. The molecular formula is C23H23F3N4O2. The van der Waals surface area contributed by atoms with Crippen molar-refractivity contribution in [2.45, 2.75) is 32.5 Å². The fraction of sp³-hybridized carbons (Fsp3) is 0.391. The van der Waals surface area contributed by atoms with Crippen LogP contribution in [0.1, 0.15) is 47.8 Å². The minimum atomic E-state index is -4.59. The molecule has 3 atom stereocenters. The third-order valence-electron chi connectivity index (χ3n) is 5.75. The smallest absolute Gasteiger partial charge is 0.338 e. The quantitative estimate of drug-likeness (QED) is 0.626. The van der Waals surface area contributed by atoms with Crippen molar-refractivity contribution in [2.75, 3.05) is 18.4 Å². The fourth-order valence-corrected chi connectivity index (χ4v) is 4.43. The number of para-hydroxylation sites is 1. The normalized spacial score (nSPS) is 23.3. The molecule has 0 bridgehead atoms. The van der Waals surface area contributed by atoms with Crippen molar-refractivity contribution in [2.24, 2.45) is 22.1 Å². The van der Waals surface area contributed by atoms with Crippen LogP contribution < -0.4 is 5.32 Å². The van der Waals surface area contributed by atoms with Gasteiger partial charge in [0.2, 0.25) is 0 Å². The molecule has 1 saturated heterocycles. The summed E-state index contributed by atoms with van der Waals surface area (Å²) < 4.78 is 39.6. The van der Waals surface area contributed by atoms with Crippen LogP contribution in [0.3, 0.4) is 0 Å². The van der Waals surface area contributed by atoms with E-state index in [0.717, 1.165) is 25.6 Å². The second-order valence-corrected chi connectivity index (χ2v) is 8.58. The standard InChI is InChI=1S/C23H23F3N4O2/c1-13-10-14(2)12-30(11-13)22(32)15-6-8-16(9-7-15)28-29-20-17-4-3-5-18(23(24,25)26)19(17)27-21(20)31/h3-9,13-14,20H,10-12H2,1-2H3,(H,27,31)/t13-,14+,20-/m1/s1. The van der Waals surface area contributed by atoms with Gasteiger partial charge in [0.1, 0.15) is 0 Å². The highest BCUT2D eigenvalue weighted by molar-refractivity contribution is 6.03. The Hall–Kier alpha value is -3.23. The molecule has 0 saturated carbocycles. The van der Waals surface area contributed by atoms with Crippen molar-refractivity contribution in [3.8, 4) is 0 Å². The Morgan fingerprint density at radius 2 is 1.72 bits per heavy atom. The first-order valence-electron chi connectivity index (χ1n) is 10.4. The highest BCUT2D eigenvalue weighted by Crippen LogP contribution is 2.43. The van der Waals surface area contributed by atoms with Gasteiger partial charge in [-0.2, -0.15) is 23.4 Å². The number of hydrogen-bond donors (Lipinski definition) is 1. The summed E-state index contributed by atoms with van der Waals surface area (Å²) in [5, 5.41) is 10.3. The van der Waals surface area contributed by atoms with Crippen molar-refractivity contribution in [1.82, 2.24) is 4.90 Å². The second kappa shape index (κ2) is 8.37. The van der Waals surface area contributed by atoms with E-state index in [-0.39, 0.29) is 17.2 Å². The molecule has 0 aromatic heterocycles. The number of piperidine rings is 1. The number of nitrogens with one attached hydrogen (secondary N) is 1. The number of anilines is 1. The molecule has 2 aliphatic rings. The number of alkyl halides is 3. The first-order chi connectivity index (χ1) is 15.1. The van der Waals surface area contributed by atoms with E-state index in [0.29, 0.717) is 23.1 Å². The minimum absolute atomic E-state index is 0.0457. The molecule has 2 aliphatic heterocycles. The van der Waals surface area contributed by atoms with Crippen LogP contribution in [0.4, 0.5) is 24.5 Å². The molecule has 0 aliphatic carbocycles. The van der Waals surface area contributed by atoms with Crippen molar-refractivity contribution in [3.63, 3.8) is 0 Å². The number of carbonyl (C=O) groups is 2. The van der Waals surface area contributed by atoms with Crippen LogP contribution in [0.2, 0.25) is 0 Å². The van der Waals surface area contributed by atoms with Crippen LogP contribution in [0, 0.1) is 11.8 Å². The van der Waals surface area contributed by atoms with Crippen molar-refractivity contribution >= 4 is 23.2 Å². The lowest BCUT2D eigenvalue weighted by atomic mass is 9.91. The summed E-state index contributed by atoms with van der Waals surface area (Å²) in [7, 11) is 0. The molecule has 9 heteroatoms. The van der Waals surface area contributed by atoms with E-state index >= 15 is 0 Å². The third kappa shape index (κ3) is 4.37. The first kappa shape index (κ1) is 22.0. The predicted molar refractivity (Wildman–Crippen MR) is 113 cm³/mol. The van der Waals surface area contributed by atoms with Crippen LogP contribution in [-0.2, 0) is 11.0 Å². The fourth-order valence-electron chi connectivity index (χ4n) is 4.43. The minimum Gasteiger partial charge on any atom is -0.338 e. The van der Waals surface area contributed by atoms with Gasteiger partial charge in [0.05, 0.1) is 16.9 Å². The Kier molecular flexibility index (Phi) is 5.75. The van der Waals surface area contributed by atoms with E-state index in [1.165, 1.54) is 12.1 Å². The lowest BCUT2D eigenvalue weighted by molar-refractivity contribution is -0.136. The van der Waals surface area contributed by atoms with Crippen LogP contribution in [0.25, 0.3) is 0 Å². The van der Waals surface area contributed by atoms with Crippen molar-refractivity contribution < 1.29 is 22.8 Å². The van der Waals surface area contributed by atoms with Crippen LogP contribution in [0.5, 0.6) is 0 Å². The summed E-state index contributed by atoms with van der Waals surface area (Å²) in [4.78, 5) is 26.9. The lowest BCUT2D eigenvalue weighted by Crippen LogP contribution is -2.42. The average molecular weight is 444 g/mol. The number of benzene rings is 2. The molecule has 32 heavy (non-hydrogen) atoms. The Morgan fingerprint density at radius 1 is 1.06 bits per heavy atom. The molecule has 0 spiro atoms. The molecule has 4 rings (SSSR count). The number of carbonyl (C=O) groups excluding carboxylic acids is 2. The summed E-state index contributed by atoms with van der Waals surface area (Å²) in [5.41, 5.74) is -0.127. The van der Waals surface area contributed by atoms with E-state index < -0.39 is 23.7 Å². The van der Waals surface area contributed by atoms with Gasteiger partial charge in [-0.3, -0.25) is 9.59 Å². The molecule has 1 N–H and O–H groups in total. The zero-order chi connectivity index (χ0) is 23.0. The highest BCUT2D eigenvalue weighted by atomic mass is 19.4. The number of likely N-dealkylation sites (tertiary alicyclic amines) is 1. The van der Waals surface area contributed by atoms with Gasteiger partial charge in [0.25, 0.3) is 11.8 Å². The van der Waals surface area contributed by atoms with Crippen molar-refractivity contribution in [1.29, 1.82) is 0 Å². The molecule has 2 heterocycles. The zero-order valence-corrected chi connectivity index (χ0v) is 17.7. The summed E-state index contributed by atoms with van der Waals surface area (Å²) >= 11 is 0. The Balaban J connectivity index is 1.50. The van der Waals surface area contributed by atoms with Gasteiger partial charge < -0.3 is 10.2 Å². The summed E-state index contributed by atoms with van der Waals surface area (Å²) in [6, 6.07) is 8.92. The lowest BCUT2D eigenvalue weighted by Gasteiger charge is -2.35. The summed E-state index contributed by atoms with van der Waals surface area (Å²) in [5.74, 6) is 0.194. The average Bonchev–Trinajstić information content (AvgIpc) is 3.05. The number of amides is 2. The number of halogens is 3. The number of azo groups is 1. The molecule has 2 aromatic carbocycles. The predicted octanol–water partition coefficient (Wildman–Crippen LogP) is 5.60. The highest BCUT2D eigenvalue weighted by Gasteiger charge is 2.40. The van der Waals surface area contributed by atoms with E-state index in [1.54, 1.807) is 24.3 Å². The van der Waals surface area contributed by atoms with Crippen LogP contribution in [0.15, 0.2) is 52.7 Å². The maximum absolute atomic E-state index is 13.2. The molecule has 6 nitrogen and oxygen atoms in total. The Labute approximate surface area is 183 Å². The Bertz CT molecular complexity index is 1060. The SMILES string of the molecule is C[C@@H]1C[C@H](C)CN(C(=O)c2ccc(N=N[C@H]3C(=O)Nc4c3cccc4C(F)(F)F)cc2)C1. The van der Waals surface area contributed by atoms with Gasteiger partial charge in [-0.1, -0.05) is 26.0 Å². The van der Waals surface area contributed by atoms with Gasteiger partial charge in [-0.25, -0.2) is 0 Å². The van der Waals surface area contributed by atoms with Gasteiger partial charge in [0, 0.05) is 24.2 Å². The largest absolute Gasteiger partial charge is 0.418 e. The molecule has 1 fully saturated rings. The van der Waals surface area contributed by atoms with E-state index in [4.69, 9.17) is 0 Å². The number of fused-ring (bicyclic) bond motifs is 1. The first-order valence-corrected chi connectivity index (χ1v) is 10.4.